The predicted molar refractivity (Wildman–Crippen MR) is 80.8 cm³/mol. The van der Waals surface area contributed by atoms with Crippen molar-refractivity contribution in [3.8, 4) is 0 Å². The minimum atomic E-state index is -0.853. The molecule has 1 amide bonds. The lowest BCUT2D eigenvalue weighted by Gasteiger charge is -2.29. The van der Waals surface area contributed by atoms with Crippen LogP contribution in [0.25, 0.3) is 0 Å². The third kappa shape index (κ3) is 3.95. The van der Waals surface area contributed by atoms with E-state index in [9.17, 15) is 9.59 Å². The molecule has 1 aromatic carbocycles. The van der Waals surface area contributed by atoms with Crippen molar-refractivity contribution in [1.29, 1.82) is 0 Å². The first-order valence-electron chi connectivity index (χ1n) is 6.61. The number of hydrogen-bond acceptors (Lipinski definition) is 5. The normalized spacial score (nSPS) is 16.4. The van der Waals surface area contributed by atoms with E-state index in [1.54, 1.807) is 30.0 Å². The standard InChI is InChI=1S/C14H17BrN2O4/c1-9(13(18)17-4-6-20-7-5-17)21-14(19)11-8-10(15)2-3-12(11)16/h2-3,8-9H,4-7,16H2,1H3/t9-/m1/s1. The highest BCUT2D eigenvalue weighted by Crippen LogP contribution is 2.20. The van der Waals surface area contributed by atoms with Crippen molar-refractivity contribution < 1.29 is 19.1 Å². The molecule has 1 heterocycles. The second kappa shape index (κ2) is 6.91. The molecule has 2 N–H and O–H groups in total. The molecular weight excluding hydrogens is 340 g/mol. The second-order valence-electron chi connectivity index (χ2n) is 4.72. The number of benzene rings is 1. The number of hydrogen-bond donors (Lipinski definition) is 1. The molecule has 0 bridgehead atoms. The molecule has 1 aromatic rings. The molecule has 0 saturated carbocycles. The van der Waals surface area contributed by atoms with Crippen molar-refractivity contribution in [2.24, 2.45) is 0 Å². The molecule has 0 aromatic heterocycles. The Morgan fingerprint density at radius 2 is 2.05 bits per heavy atom. The third-order valence-corrected chi connectivity index (χ3v) is 3.68. The van der Waals surface area contributed by atoms with Crippen molar-refractivity contribution in [2.75, 3.05) is 32.0 Å². The van der Waals surface area contributed by atoms with Crippen LogP contribution in [0, 0.1) is 0 Å². The fourth-order valence-electron chi connectivity index (χ4n) is 2.02. The first-order chi connectivity index (χ1) is 9.99. The molecule has 0 aliphatic carbocycles. The van der Waals surface area contributed by atoms with Gasteiger partial charge >= 0.3 is 5.97 Å². The summed E-state index contributed by atoms with van der Waals surface area (Å²) in [6.07, 6.45) is -0.853. The minimum Gasteiger partial charge on any atom is -0.449 e. The van der Waals surface area contributed by atoms with Gasteiger partial charge in [0.05, 0.1) is 18.8 Å². The van der Waals surface area contributed by atoms with Crippen LogP contribution in [0.5, 0.6) is 0 Å². The summed E-state index contributed by atoms with van der Waals surface area (Å²) in [5, 5.41) is 0. The molecule has 2 rings (SSSR count). The largest absolute Gasteiger partial charge is 0.449 e. The molecule has 114 valence electrons. The number of halogens is 1. The zero-order chi connectivity index (χ0) is 15.4. The fraction of sp³-hybridized carbons (Fsp3) is 0.429. The molecule has 7 heteroatoms. The van der Waals surface area contributed by atoms with Crippen molar-refractivity contribution >= 4 is 33.5 Å². The number of nitrogen functional groups attached to an aromatic ring is 1. The summed E-state index contributed by atoms with van der Waals surface area (Å²) in [5.74, 6) is -0.830. The maximum atomic E-state index is 12.2. The smallest absolute Gasteiger partial charge is 0.341 e. The average Bonchev–Trinajstić information content (AvgIpc) is 2.49. The maximum absolute atomic E-state index is 12.2. The van der Waals surface area contributed by atoms with E-state index in [-0.39, 0.29) is 11.5 Å². The summed E-state index contributed by atoms with van der Waals surface area (Å²) in [6.45, 7) is 3.60. The van der Waals surface area contributed by atoms with E-state index in [0.717, 1.165) is 4.47 Å². The van der Waals surface area contributed by atoms with Crippen molar-refractivity contribution in [3.05, 3.63) is 28.2 Å². The summed E-state index contributed by atoms with van der Waals surface area (Å²) in [6, 6.07) is 4.91. The Morgan fingerprint density at radius 1 is 1.38 bits per heavy atom. The van der Waals surface area contributed by atoms with Gasteiger partial charge in [-0.15, -0.1) is 0 Å². The van der Waals surface area contributed by atoms with Crippen LogP contribution < -0.4 is 5.73 Å². The van der Waals surface area contributed by atoms with Gasteiger partial charge in [-0.3, -0.25) is 4.79 Å². The van der Waals surface area contributed by atoms with Gasteiger partial charge in [0.15, 0.2) is 6.10 Å². The van der Waals surface area contributed by atoms with E-state index in [2.05, 4.69) is 15.9 Å². The number of nitrogens with two attached hydrogens (primary N) is 1. The Labute approximate surface area is 131 Å². The summed E-state index contributed by atoms with van der Waals surface area (Å²) in [4.78, 5) is 25.9. The van der Waals surface area contributed by atoms with Crippen LogP contribution in [0.15, 0.2) is 22.7 Å². The van der Waals surface area contributed by atoms with Gasteiger partial charge in [0.1, 0.15) is 0 Å². The number of nitrogens with zero attached hydrogens (tertiary/aromatic N) is 1. The van der Waals surface area contributed by atoms with E-state index < -0.39 is 12.1 Å². The SMILES string of the molecule is C[C@@H](OC(=O)c1cc(Br)ccc1N)C(=O)N1CCOCC1. The molecule has 1 aliphatic heterocycles. The van der Waals surface area contributed by atoms with Crippen LogP contribution in [-0.4, -0.2) is 49.2 Å². The lowest BCUT2D eigenvalue weighted by atomic mass is 10.2. The Hall–Kier alpha value is -1.60. The first kappa shape index (κ1) is 15.8. The lowest BCUT2D eigenvalue weighted by Crippen LogP contribution is -2.46. The Kier molecular flexibility index (Phi) is 5.19. The summed E-state index contributed by atoms with van der Waals surface area (Å²) >= 11 is 3.27. The lowest BCUT2D eigenvalue weighted by molar-refractivity contribution is -0.143. The van der Waals surface area contributed by atoms with Crippen LogP contribution in [0.2, 0.25) is 0 Å². The van der Waals surface area contributed by atoms with Crippen LogP contribution in [-0.2, 0) is 14.3 Å². The molecule has 0 radical (unpaired) electrons. The van der Waals surface area contributed by atoms with Gasteiger partial charge in [-0.2, -0.15) is 0 Å². The molecule has 0 unspecified atom stereocenters. The maximum Gasteiger partial charge on any atom is 0.341 e. The van der Waals surface area contributed by atoms with Gasteiger partial charge in [-0.05, 0) is 25.1 Å². The molecule has 1 aliphatic rings. The number of carbonyl (C=O) groups is 2. The highest BCUT2D eigenvalue weighted by Gasteiger charge is 2.26. The van der Waals surface area contributed by atoms with E-state index in [4.69, 9.17) is 15.2 Å². The quantitative estimate of drug-likeness (QED) is 0.654. The molecular formula is C14H17BrN2O4. The number of ether oxygens (including phenoxy) is 2. The summed E-state index contributed by atoms with van der Waals surface area (Å²) in [5.41, 5.74) is 6.31. The molecule has 6 nitrogen and oxygen atoms in total. The van der Waals surface area contributed by atoms with Crippen LogP contribution >= 0.6 is 15.9 Å². The van der Waals surface area contributed by atoms with Crippen LogP contribution in [0.3, 0.4) is 0 Å². The topological polar surface area (TPSA) is 81.9 Å². The fourth-order valence-corrected chi connectivity index (χ4v) is 2.38. The minimum absolute atomic E-state index is 0.222. The summed E-state index contributed by atoms with van der Waals surface area (Å²) in [7, 11) is 0. The van der Waals surface area contributed by atoms with Gasteiger partial charge in [0, 0.05) is 23.2 Å². The monoisotopic (exact) mass is 356 g/mol. The van der Waals surface area contributed by atoms with Crippen LogP contribution in [0.1, 0.15) is 17.3 Å². The Morgan fingerprint density at radius 3 is 2.71 bits per heavy atom. The van der Waals surface area contributed by atoms with Crippen LogP contribution in [0.4, 0.5) is 5.69 Å². The highest BCUT2D eigenvalue weighted by atomic mass is 79.9. The zero-order valence-electron chi connectivity index (χ0n) is 11.7. The van der Waals surface area contributed by atoms with E-state index >= 15 is 0 Å². The second-order valence-corrected chi connectivity index (χ2v) is 5.63. The van der Waals surface area contributed by atoms with Gasteiger partial charge < -0.3 is 20.1 Å². The van der Waals surface area contributed by atoms with Gasteiger partial charge in [0.2, 0.25) is 0 Å². The van der Waals surface area contributed by atoms with E-state index in [1.807, 2.05) is 0 Å². The molecule has 1 fully saturated rings. The van der Waals surface area contributed by atoms with Crippen molar-refractivity contribution in [2.45, 2.75) is 13.0 Å². The molecule has 1 saturated heterocycles. The zero-order valence-corrected chi connectivity index (χ0v) is 13.3. The number of morpholine rings is 1. The average molecular weight is 357 g/mol. The first-order valence-corrected chi connectivity index (χ1v) is 7.41. The number of carbonyl (C=O) groups excluding carboxylic acids is 2. The highest BCUT2D eigenvalue weighted by molar-refractivity contribution is 9.10. The van der Waals surface area contributed by atoms with Gasteiger partial charge in [0.25, 0.3) is 5.91 Å². The third-order valence-electron chi connectivity index (χ3n) is 3.19. The number of amides is 1. The number of rotatable bonds is 3. The Balaban J connectivity index is 2.01. The number of esters is 1. The molecule has 1 atom stereocenters. The van der Waals surface area contributed by atoms with E-state index in [0.29, 0.717) is 32.0 Å². The van der Waals surface area contributed by atoms with Crippen molar-refractivity contribution in [3.63, 3.8) is 0 Å². The summed E-state index contributed by atoms with van der Waals surface area (Å²) < 4.78 is 11.1. The van der Waals surface area contributed by atoms with Gasteiger partial charge in [-0.25, -0.2) is 4.79 Å². The predicted octanol–water partition coefficient (Wildman–Crippen LogP) is 1.44. The van der Waals surface area contributed by atoms with Gasteiger partial charge in [-0.1, -0.05) is 15.9 Å². The number of anilines is 1. The van der Waals surface area contributed by atoms with E-state index in [1.165, 1.54) is 0 Å². The molecule has 0 spiro atoms. The Bertz CT molecular complexity index is 544. The molecule has 21 heavy (non-hydrogen) atoms. The van der Waals surface area contributed by atoms with Crippen molar-refractivity contribution in [1.82, 2.24) is 4.90 Å².